The van der Waals surface area contributed by atoms with E-state index in [1.807, 2.05) is 25.1 Å². The van der Waals surface area contributed by atoms with Crippen molar-refractivity contribution in [1.29, 1.82) is 0 Å². The number of aromatic amines is 1. The average Bonchev–Trinajstić information content (AvgIpc) is 3.32. The van der Waals surface area contributed by atoms with Gasteiger partial charge >= 0.3 is 0 Å². The molecule has 4 aromatic carbocycles. The summed E-state index contributed by atoms with van der Waals surface area (Å²) in [6.07, 6.45) is 2.53. The van der Waals surface area contributed by atoms with E-state index in [0.29, 0.717) is 12.4 Å². The largest absolute Gasteiger partial charge is 0.490 e. The predicted molar refractivity (Wildman–Crippen MR) is 151 cm³/mol. The second kappa shape index (κ2) is 9.88. The van der Waals surface area contributed by atoms with Crippen molar-refractivity contribution in [2.24, 2.45) is 5.73 Å². The molecule has 0 aliphatic carbocycles. The van der Waals surface area contributed by atoms with Gasteiger partial charge in [0.05, 0.1) is 23.1 Å². The van der Waals surface area contributed by atoms with Crippen LogP contribution in [0.4, 0.5) is 0 Å². The number of nitrogens with zero attached hydrogens (tertiary/aromatic N) is 2. The van der Waals surface area contributed by atoms with Crippen LogP contribution in [0.2, 0.25) is 0 Å². The maximum atomic E-state index is 6.48. The molecule has 0 aliphatic heterocycles. The third-order valence-electron chi connectivity index (χ3n) is 6.75. The van der Waals surface area contributed by atoms with E-state index in [4.69, 9.17) is 15.5 Å². The molecule has 37 heavy (non-hydrogen) atoms. The van der Waals surface area contributed by atoms with Crippen LogP contribution in [0.15, 0.2) is 103 Å². The summed E-state index contributed by atoms with van der Waals surface area (Å²) in [7, 11) is 0. The lowest BCUT2D eigenvalue weighted by Gasteiger charge is -2.16. The molecule has 6 aromatic rings. The fourth-order valence-electron chi connectivity index (χ4n) is 4.81. The van der Waals surface area contributed by atoms with Gasteiger partial charge in [-0.25, -0.2) is 0 Å². The van der Waals surface area contributed by atoms with Crippen molar-refractivity contribution in [3.63, 3.8) is 0 Å². The zero-order chi connectivity index (χ0) is 25.2. The normalized spacial score (nSPS) is 12.2. The molecule has 1 atom stereocenters. The number of ether oxygens (including phenoxy) is 1. The van der Waals surface area contributed by atoms with Gasteiger partial charge in [0.25, 0.3) is 0 Å². The SMILES string of the molecule is Cc1n[nH]c2ccc(-c3cc(OC[C@@H](N)Cc4ccc5ccccc5c4)cnc3-c3ccccc3)cc12. The van der Waals surface area contributed by atoms with E-state index in [1.165, 1.54) is 16.3 Å². The van der Waals surface area contributed by atoms with Gasteiger partial charge in [-0.15, -0.1) is 0 Å². The van der Waals surface area contributed by atoms with Gasteiger partial charge in [-0.2, -0.15) is 5.10 Å². The third-order valence-corrected chi connectivity index (χ3v) is 6.75. The van der Waals surface area contributed by atoms with Crippen LogP contribution in [0.1, 0.15) is 11.3 Å². The fourth-order valence-corrected chi connectivity index (χ4v) is 4.81. The Bertz CT molecular complexity index is 1690. The van der Waals surface area contributed by atoms with Crippen molar-refractivity contribution in [3.8, 4) is 28.1 Å². The lowest BCUT2D eigenvalue weighted by atomic mass is 9.98. The quantitative estimate of drug-likeness (QED) is 0.264. The molecule has 0 radical (unpaired) electrons. The van der Waals surface area contributed by atoms with Crippen LogP contribution in [-0.2, 0) is 6.42 Å². The minimum Gasteiger partial charge on any atom is -0.490 e. The van der Waals surface area contributed by atoms with Gasteiger partial charge in [-0.05, 0) is 53.4 Å². The van der Waals surface area contributed by atoms with E-state index in [2.05, 4.69) is 89.1 Å². The number of benzene rings is 4. The molecule has 0 spiro atoms. The number of pyridine rings is 1. The lowest BCUT2D eigenvalue weighted by Crippen LogP contribution is -2.30. The number of rotatable bonds is 7. The molecule has 3 N–H and O–H groups in total. The number of nitrogens with two attached hydrogens (primary N) is 1. The second-order valence-corrected chi connectivity index (χ2v) is 9.46. The van der Waals surface area contributed by atoms with Gasteiger partial charge in [0.2, 0.25) is 0 Å². The molecule has 6 rings (SSSR count). The van der Waals surface area contributed by atoms with Crippen molar-refractivity contribution in [2.75, 3.05) is 6.61 Å². The van der Waals surface area contributed by atoms with Crippen LogP contribution >= 0.6 is 0 Å². The zero-order valence-corrected chi connectivity index (χ0v) is 20.7. The van der Waals surface area contributed by atoms with Crippen LogP contribution in [0.3, 0.4) is 0 Å². The van der Waals surface area contributed by atoms with E-state index < -0.39 is 0 Å². The van der Waals surface area contributed by atoms with Crippen LogP contribution < -0.4 is 10.5 Å². The molecular formula is C32H28N4O. The minimum atomic E-state index is -0.136. The molecule has 0 fully saturated rings. The first-order chi connectivity index (χ1) is 18.1. The lowest BCUT2D eigenvalue weighted by molar-refractivity contribution is 0.287. The summed E-state index contributed by atoms with van der Waals surface area (Å²) in [5, 5.41) is 11.0. The monoisotopic (exact) mass is 484 g/mol. The molecule has 2 aromatic heterocycles. The standard InChI is InChI=1S/C32H28N4O/c1-21-29-17-26(13-14-31(29)36-35-21)30-18-28(19-34-32(30)24-8-3-2-4-9-24)37-20-27(33)16-22-11-12-23-7-5-6-10-25(23)15-22/h2-15,17-19,27H,16,20,33H2,1H3,(H,35,36)/t27-/m0/s1. The van der Waals surface area contributed by atoms with E-state index in [-0.39, 0.29) is 6.04 Å². The Morgan fingerprint density at radius 3 is 2.51 bits per heavy atom. The summed E-state index contributed by atoms with van der Waals surface area (Å²) < 4.78 is 6.17. The summed E-state index contributed by atoms with van der Waals surface area (Å²) in [4.78, 5) is 4.82. The van der Waals surface area contributed by atoms with Crippen molar-refractivity contribution in [2.45, 2.75) is 19.4 Å². The number of aryl methyl sites for hydroxylation is 1. The van der Waals surface area contributed by atoms with Gasteiger partial charge in [0.1, 0.15) is 12.4 Å². The number of hydrogen-bond donors (Lipinski definition) is 2. The summed E-state index contributed by atoms with van der Waals surface area (Å²) in [6, 6.07) is 33.3. The predicted octanol–water partition coefficient (Wildman–Crippen LogP) is 6.70. The number of aromatic nitrogens is 3. The average molecular weight is 485 g/mol. The molecule has 0 aliphatic rings. The molecule has 2 heterocycles. The van der Waals surface area contributed by atoms with Crippen LogP contribution in [0, 0.1) is 6.92 Å². The van der Waals surface area contributed by atoms with E-state index in [0.717, 1.165) is 45.4 Å². The number of fused-ring (bicyclic) bond motifs is 2. The molecular weight excluding hydrogens is 456 g/mol. The van der Waals surface area contributed by atoms with Crippen LogP contribution in [0.5, 0.6) is 5.75 Å². The van der Waals surface area contributed by atoms with Crippen molar-refractivity contribution < 1.29 is 4.74 Å². The number of hydrogen-bond acceptors (Lipinski definition) is 4. The maximum absolute atomic E-state index is 6.48. The van der Waals surface area contributed by atoms with E-state index in [1.54, 1.807) is 6.20 Å². The highest BCUT2D eigenvalue weighted by Crippen LogP contribution is 2.35. The Balaban J connectivity index is 1.26. The van der Waals surface area contributed by atoms with Crippen LogP contribution in [-0.4, -0.2) is 27.8 Å². The topological polar surface area (TPSA) is 76.8 Å². The summed E-state index contributed by atoms with van der Waals surface area (Å²) >= 11 is 0. The van der Waals surface area contributed by atoms with Gasteiger partial charge in [0, 0.05) is 22.6 Å². The molecule has 0 amide bonds. The minimum absolute atomic E-state index is 0.136. The molecule has 182 valence electrons. The van der Waals surface area contributed by atoms with E-state index >= 15 is 0 Å². The first kappa shape index (κ1) is 23.0. The van der Waals surface area contributed by atoms with Crippen molar-refractivity contribution >= 4 is 21.7 Å². The molecule has 0 saturated carbocycles. The Kier molecular flexibility index (Phi) is 6.13. The molecule has 0 bridgehead atoms. The summed E-state index contributed by atoms with van der Waals surface area (Å²) in [6.45, 7) is 2.41. The number of H-pyrrole nitrogens is 1. The van der Waals surface area contributed by atoms with Gasteiger partial charge in [-0.1, -0.05) is 78.9 Å². The summed E-state index contributed by atoms with van der Waals surface area (Å²) in [5.74, 6) is 0.702. The Hall–Kier alpha value is -4.48. The molecule has 0 saturated heterocycles. The molecule has 5 nitrogen and oxygen atoms in total. The molecule has 0 unspecified atom stereocenters. The highest BCUT2D eigenvalue weighted by molar-refractivity contribution is 5.90. The van der Waals surface area contributed by atoms with Gasteiger partial charge in [0.15, 0.2) is 0 Å². The van der Waals surface area contributed by atoms with E-state index in [9.17, 15) is 0 Å². The first-order valence-electron chi connectivity index (χ1n) is 12.5. The Labute approximate surface area is 215 Å². The van der Waals surface area contributed by atoms with Gasteiger partial charge in [-0.3, -0.25) is 10.1 Å². The highest BCUT2D eigenvalue weighted by Gasteiger charge is 2.14. The number of nitrogens with one attached hydrogen (secondary N) is 1. The third kappa shape index (κ3) is 4.82. The maximum Gasteiger partial charge on any atom is 0.138 e. The Morgan fingerprint density at radius 2 is 1.65 bits per heavy atom. The van der Waals surface area contributed by atoms with Crippen molar-refractivity contribution in [1.82, 2.24) is 15.2 Å². The van der Waals surface area contributed by atoms with Crippen LogP contribution in [0.25, 0.3) is 44.1 Å². The zero-order valence-electron chi connectivity index (χ0n) is 20.7. The van der Waals surface area contributed by atoms with Gasteiger partial charge < -0.3 is 10.5 Å². The second-order valence-electron chi connectivity index (χ2n) is 9.46. The highest BCUT2D eigenvalue weighted by atomic mass is 16.5. The van der Waals surface area contributed by atoms with Crippen molar-refractivity contribution in [3.05, 3.63) is 115 Å². The molecule has 5 heteroatoms. The fraction of sp³-hybridized carbons (Fsp3) is 0.125. The Morgan fingerprint density at radius 1 is 0.838 bits per heavy atom. The smallest absolute Gasteiger partial charge is 0.138 e. The first-order valence-corrected chi connectivity index (χ1v) is 12.5. The summed E-state index contributed by atoms with van der Waals surface area (Å²) in [5.41, 5.74) is 13.7.